The molecule has 1 saturated carbocycles. The van der Waals surface area contributed by atoms with Crippen LogP contribution in [0.25, 0.3) is 0 Å². The lowest BCUT2D eigenvalue weighted by atomic mass is 9.76. The summed E-state index contributed by atoms with van der Waals surface area (Å²) in [6, 6.07) is 11.1. The van der Waals surface area contributed by atoms with E-state index in [4.69, 9.17) is 11.5 Å². The molecule has 0 amide bonds. The van der Waals surface area contributed by atoms with Gasteiger partial charge in [-0.3, -0.25) is 5.01 Å². The molecule has 1 aliphatic carbocycles. The van der Waals surface area contributed by atoms with Gasteiger partial charge in [0.1, 0.15) is 0 Å². The topological polar surface area (TPSA) is 15.4 Å². The monoisotopic (exact) mass is 306 g/mol. The summed E-state index contributed by atoms with van der Waals surface area (Å²) in [5.74, 6) is 2.83. The van der Waals surface area contributed by atoms with Crippen molar-refractivity contribution in [1.29, 1.82) is 0 Å². The van der Waals surface area contributed by atoms with Gasteiger partial charge in [-0.05, 0) is 44.1 Å². The molecule has 1 heterocycles. The van der Waals surface area contributed by atoms with Crippen molar-refractivity contribution in [3.8, 4) is 12.3 Å². The van der Waals surface area contributed by atoms with E-state index in [1.54, 1.807) is 0 Å². The minimum absolute atomic E-state index is 0.213. The first-order valence-electron chi connectivity index (χ1n) is 8.73. The number of hydrazone groups is 1. The van der Waals surface area contributed by atoms with Crippen molar-refractivity contribution in [2.45, 2.75) is 51.0 Å². The zero-order valence-electron chi connectivity index (χ0n) is 13.9. The fraction of sp³-hybridized carbons (Fsp3) is 0.476. The summed E-state index contributed by atoms with van der Waals surface area (Å²) in [5, 5.41) is 7.30. The van der Waals surface area contributed by atoms with Crippen molar-refractivity contribution in [3.05, 3.63) is 48.6 Å². The van der Waals surface area contributed by atoms with Crippen LogP contribution in [0.5, 0.6) is 0 Å². The Bertz CT molecular complexity index is 610. The first-order valence-corrected chi connectivity index (χ1v) is 8.73. The molecule has 0 bridgehead atoms. The molecule has 0 aromatic heterocycles. The minimum Gasteiger partial charge on any atom is -0.285 e. The third-order valence-electron chi connectivity index (χ3n) is 5.28. The zero-order valence-corrected chi connectivity index (χ0v) is 13.9. The Labute approximate surface area is 140 Å². The van der Waals surface area contributed by atoms with Crippen LogP contribution in [0.2, 0.25) is 0 Å². The molecule has 23 heavy (non-hydrogen) atoms. The van der Waals surface area contributed by atoms with Crippen LogP contribution in [-0.4, -0.2) is 17.3 Å². The van der Waals surface area contributed by atoms with Gasteiger partial charge in [-0.1, -0.05) is 36.4 Å². The Hall–Kier alpha value is -2.01. The fourth-order valence-electron chi connectivity index (χ4n) is 3.86. The second kappa shape index (κ2) is 7.04. The predicted octanol–water partition coefficient (Wildman–Crippen LogP) is 4.95. The minimum atomic E-state index is 0.213. The summed E-state index contributed by atoms with van der Waals surface area (Å²) in [7, 11) is 0. The molecule has 1 aliphatic heterocycles. The van der Waals surface area contributed by atoms with Crippen molar-refractivity contribution < 1.29 is 0 Å². The number of benzene rings is 1. The molecule has 2 unspecified atom stereocenters. The molecule has 2 atom stereocenters. The highest BCUT2D eigenvalue weighted by atomic mass is 15.6. The number of hydrogen-bond donors (Lipinski definition) is 0. The molecule has 3 rings (SSSR count). The molecule has 2 heteroatoms. The molecule has 1 aromatic rings. The third-order valence-corrected chi connectivity index (χ3v) is 5.28. The van der Waals surface area contributed by atoms with E-state index in [1.807, 2.05) is 6.08 Å². The molecule has 0 spiro atoms. The highest BCUT2D eigenvalue weighted by Crippen LogP contribution is 2.45. The van der Waals surface area contributed by atoms with Gasteiger partial charge >= 0.3 is 0 Å². The molecule has 0 N–H and O–H groups in total. The van der Waals surface area contributed by atoms with Crippen molar-refractivity contribution in [2.75, 3.05) is 6.54 Å². The van der Waals surface area contributed by atoms with Gasteiger partial charge in [-0.2, -0.15) is 5.10 Å². The lowest BCUT2D eigenvalue weighted by molar-refractivity contribution is 0.352. The maximum Gasteiger partial charge on any atom is 0.0912 e. The van der Waals surface area contributed by atoms with Crippen LogP contribution in [0, 0.1) is 17.8 Å². The summed E-state index contributed by atoms with van der Waals surface area (Å²) in [4.78, 5) is 0. The molecule has 2 nitrogen and oxygen atoms in total. The SMILES string of the molecule is C#CCCC1(CCC=C)CCC/C1=N\N1CC1c1ccccc1. The quantitative estimate of drug-likeness (QED) is 0.395. The van der Waals surface area contributed by atoms with Gasteiger partial charge in [0.15, 0.2) is 0 Å². The van der Waals surface area contributed by atoms with E-state index in [1.165, 1.54) is 24.1 Å². The van der Waals surface area contributed by atoms with Crippen LogP contribution in [0.3, 0.4) is 0 Å². The highest BCUT2D eigenvalue weighted by Gasteiger charge is 2.42. The van der Waals surface area contributed by atoms with Crippen molar-refractivity contribution in [2.24, 2.45) is 10.5 Å². The normalized spacial score (nSPS) is 27.9. The van der Waals surface area contributed by atoms with Gasteiger partial charge in [0, 0.05) is 17.5 Å². The Balaban J connectivity index is 1.74. The van der Waals surface area contributed by atoms with Crippen LogP contribution in [0.15, 0.2) is 48.1 Å². The van der Waals surface area contributed by atoms with Crippen LogP contribution in [0.1, 0.15) is 56.6 Å². The molecule has 120 valence electrons. The summed E-state index contributed by atoms with van der Waals surface area (Å²) in [6.45, 7) is 4.93. The largest absolute Gasteiger partial charge is 0.285 e. The standard InChI is InChI=1S/C21H26N2/c1-3-5-14-21(15-6-4-2)16-10-13-20(21)22-23-17-19(23)18-11-8-7-9-12-18/h1,4,7-9,11-12,19H,2,5-6,10,13-17H2/b22-20+. The van der Waals surface area contributed by atoms with Gasteiger partial charge in [-0.25, -0.2) is 0 Å². The number of rotatable bonds is 7. The first kappa shape index (κ1) is 15.9. The first-order chi connectivity index (χ1) is 11.3. The Kier molecular flexibility index (Phi) is 4.86. The summed E-state index contributed by atoms with van der Waals surface area (Å²) in [5.41, 5.74) is 2.97. The smallest absolute Gasteiger partial charge is 0.0912 e. The highest BCUT2D eigenvalue weighted by molar-refractivity contribution is 5.92. The number of allylic oxidation sites excluding steroid dienone is 1. The second-order valence-electron chi connectivity index (χ2n) is 6.76. The number of nitrogens with zero attached hydrogens (tertiary/aromatic N) is 2. The molecule has 1 aromatic carbocycles. The maximum absolute atomic E-state index is 5.53. The summed E-state index contributed by atoms with van der Waals surface area (Å²) < 4.78 is 0. The van der Waals surface area contributed by atoms with E-state index >= 15 is 0 Å². The molecule has 0 radical (unpaired) electrons. The second-order valence-corrected chi connectivity index (χ2v) is 6.76. The van der Waals surface area contributed by atoms with E-state index < -0.39 is 0 Å². The van der Waals surface area contributed by atoms with Crippen molar-refractivity contribution in [1.82, 2.24) is 5.01 Å². The van der Waals surface area contributed by atoms with Gasteiger partial charge in [0.2, 0.25) is 0 Å². The van der Waals surface area contributed by atoms with E-state index in [0.717, 1.165) is 38.6 Å². The molecule has 1 saturated heterocycles. The van der Waals surface area contributed by atoms with Gasteiger partial charge < -0.3 is 0 Å². The number of hydrogen-bond acceptors (Lipinski definition) is 2. The Morgan fingerprint density at radius 2 is 2.17 bits per heavy atom. The molecular weight excluding hydrogens is 280 g/mol. The zero-order chi connectivity index (χ0) is 16.1. The average molecular weight is 306 g/mol. The lowest BCUT2D eigenvalue weighted by Crippen LogP contribution is -2.26. The lowest BCUT2D eigenvalue weighted by Gasteiger charge is -2.29. The summed E-state index contributed by atoms with van der Waals surface area (Å²) in [6.07, 6.45) is 15.3. The Morgan fingerprint density at radius 3 is 2.91 bits per heavy atom. The van der Waals surface area contributed by atoms with Crippen molar-refractivity contribution in [3.63, 3.8) is 0 Å². The predicted molar refractivity (Wildman–Crippen MR) is 97.1 cm³/mol. The van der Waals surface area contributed by atoms with E-state index in [2.05, 4.69) is 47.8 Å². The third kappa shape index (κ3) is 3.50. The van der Waals surface area contributed by atoms with Crippen LogP contribution >= 0.6 is 0 Å². The average Bonchev–Trinajstić information content (AvgIpc) is 3.25. The molecular formula is C21H26N2. The van der Waals surface area contributed by atoms with Gasteiger partial charge in [0.05, 0.1) is 12.6 Å². The van der Waals surface area contributed by atoms with Crippen LogP contribution < -0.4 is 0 Å². The number of terminal acetylenes is 1. The Morgan fingerprint density at radius 1 is 1.35 bits per heavy atom. The summed E-state index contributed by atoms with van der Waals surface area (Å²) >= 11 is 0. The van der Waals surface area contributed by atoms with E-state index in [-0.39, 0.29) is 5.41 Å². The van der Waals surface area contributed by atoms with E-state index in [9.17, 15) is 0 Å². The molecule has 2 aliphatic rings. The van der Waals surface area contributed by atoms with Crippen LogP contribution in [0.4, 0.5) is 0 Å². The van der Waals surface area contributed by atoms with E-state index in [0.29, 0.717) is 6.04 Å². The molecule has 2 fully saturated rings. The van der Waals surface area contributed by atoms with Gasteiger partial charge in [0.25, 0.3) is 0 Å². The van der Waals surface area contributed by atoms with Crippen molar-refractivity contribution >= 4 is 5.71 Å². The van der Waals surface area contributed by atoms with Crippen LogP contribution in [-0.2, 0) is 0 Å². The maximum atomic E-state index is 5.53. The van der Waals surface area contributed by atoms with Gasteiger partial charge in [-0.15, -0.1) is 18.9 Å². The fourth-order valence-corrected chi connectivity index (χ4v) is 3.86.